The second-order valence-electron chi connectivity index (χ2n) is 3.52. The molecule has 1 aliphatic rings. The summed E-state index contributed by atoms with van der Waals surface area (Å²) in [6, 6.07) is 8.02. The van der Waals surface area contributed by atoms with E-state index in [0.29, 0.717) is 0 Å². The van der Waals surface area contributed by atoms with Crippen LogP contribution in [0, 0.1) is 6.08 Å². The molecule has 1 radical (unpaired) electrons. The predicted octanol–water partition coefficient (Wildman–Crippen LogP) is 2.89. The molecule has 1 aromatic carbocycles. The van der Waals surface area contributed by atoms with Crippen LogP contribution in [-0.2, 0) is 39.1 Å². The SMILES string of the molecule is Nc1ccccc1CC1=[C-]CCC=C1.[Y]. The molecule has 0 aromatic heterocycles. The Labute approximate surface area is 116 Å². The Balaban J connectivity index is 0.00000112. The van der Waals surface area contributed by atoms with Gasteiger partial charge in [0.25, 0.3) is 0 Å². The van der Waals surface area contributed by atoms with Crippen molar-refractivity contribution < 1.29 is 32.7 Å². The van der Waals surface area contributed by atoms with Crippen molar-refractivity contribution in [2.75, 3.05) is 5.73 Å². The number of para-hydroxylation sites is 1. The van der Waals surface area contributed by atoms with Gasteiger partial charge in [0.05, 0.1) is 0 Å². The van der Waals surface area contributed by atoms with Gasteiger partial charge in [-0.05, 0) is 18.1 Å². The second kappa shape index (κ2) is 6.24. The Hall–Kier alpha value is -0.396. The number of anilines is 1. The predicted molar refractivity (Wildman–Crippen MR) is 59.7 cm³/mol. The van der Waals surface area contributed by atoms with Crippen LogP contribution in [0.4, 0.5) is 5.69 Å². The molecule has 0 heterocycles. The molecule has 1 aromatic rings. The summed E-state index contributed by atoms with van der Waals surface area (Å²) in [6.07, 6.45) is 10.8. The summed E-state index contributed by atoms with van der Waals surface area (Å²) in [6.45, 7) is 0. The Morgan fingerprint density at radius 1 is 1.27 bits per heavy atom. The maximum absolute atomic E-state index is 5.87. The summed E-state index contributed by atoms with van der Waals surface area (Å²) < 4.78 is 0. The minimum absolute atomic E-state index is 0. The molecule has 75 valence electrons. The van der Waals surface area contributed by atoms with E-state index < -0.39 is 0 Å². The number of nitrogen functional groups attached to an aromatic ring is 1. The average molecular weight is 273 g/mol. The molecule has 0 unspecified atom stereocenters. The van der Waals surface area contributed by atoms with Crippen molar-refractivity contribution in [3.8, 4) is 0 Å². The van der Waals surface area contributed by atoms with E-state index in [1.807, 2.05) is 18.2 Å². The zero-order valence-corrected chi connectivity index (χ0v) is 11.6. The summed E-state index contributed by atoms with van der Waals surface area (Å²) in [4.78, 5) is 0. The zero-order chi connectivity index (χ0) is 9.80. The standard InChI is InChI=1S/C13H14N.Y/c14-13-9-5-4-8-12(13)10-11-6-2-1-3-7-11;/h2,4-6,8-9H,1,3,10,14H2;/q-1;. The molecule has 0 bridgehead atoms. The van der Waals surface area contributed by atoms with Gasteiger partial charge in [-0.15, -0.1) is 6.42 Å². The molecule has 1 nitrogen and oxygen atoms in total. The van der Waals surface area contributed by atoms with Gasteiger partial charge in [-0.3, -0.25) is 6.08 Å². The fraction of sp³-hybridized carbons (Fsp3) is 0.231. The molecule has 0 atom stereocenters. The summed E-state index contributed by atoms with van der Waals surface area (Å²) in [5, 5.41) is 0. The van der Waals surface area contributed by atoms with Gasteiger partial charge < -0.3 is 5.73 Å². The van der Waals surface area contributed by atoms with Crippen molar-refractivity contribution in [2.45, 2.75) is 19.3 Å². The molecule has 2 N–H and O–H groups in total. The number of nitrogens with two attached hydrogens (primary N) is 1. The molecule has 1 aliphatic carbocycles. The van der Waals surface area contributed by atoms with Crippen molar-refractivity contribution in [1.29, 1.82) is 0 Å². The largest absolute Gasteiger partial charge is 0.398 e. The molecule has 2 rings (SSSR count). The first-order chi connectivity index (χ1) is 6.86. The van der Waals surface area contributed by atoms with Gasteiger partial charge in [0.1, 0.15) is 0 Å². The smallest absolute Gasteiger partial charge is 0.0348 e. The van der Waals surface area contributed by atoms with Gasteiger partial charge in [0.15, 0.2) is 0 Å². The van der Waals surface area contributed by atoms with E-state index in [2.05, 4.69) is 24.3 Å². The Morgan fingerprint density at radius 3 is 2.73 bits per heavy atom. The van der Waals surface area contributed by atoms with Crippen LogP contribution in [0.15, 0.2) is 42.0 Å². The van der Waals surface area contributed by atoms with Crippen LogP contribution in [0.3, 0.4) is 0 Å². The minimum Gasteiger partial charge on any atom is -0.398 e. The quantitative estimate of drug-likeness (QED) is 0.650. The first kappa shape index (κ1) is 12.7. The van der Waals surface area contributed by atoms with Crippen LogP contribution in [0.1, 0.15) is 18.4 Å². The third kappa shape index (κ3) is 3.59. The van der Waals surface area contributed by atoms with Crippen molar-refractivity contribution in [2.24, 2.45) is 0 Å². The van der Waals surface area contributed by atoms with E-state index >= 15 is 0 Å². The normalized spacial score (nSPS) is 14.3. The molecule has 2 heteroatoms. The van der Waals surface area contributed by atoms with Crippen molar-refractivity contribution in [1.82, 2.24) is 0 Å². The van der Waals surface area contributed by atoms with Gasteiger partial charge >= 0.3 is 0 Å². The first-order valence-electron chi connectivity index (χ1n) is 4.96. The third-order valence-electron chi connectivity index (χ3n) is 2.42. The monoisotopic (exact) mass is 273 g/mol. The van der Waals surface area contributed by atoms with Crippen LogP contribution in [0.5, 0.6) is 0 Å². The number of hydrogen-bond acceptors (Lipinski definition) is 1. The number of benzene rings is 1. The van der Waals surface area contributed by atoms with Crippen LogP contribution in [0.2, 0.25) is 0 Å². The Bertz CT molecular complexity index is 380. The Kier molecular flexibility index (Phi) is 5.28. The van der Waals surface area contributed by atoms with Gasteiger partial charge in [-0.2, -0.15) is 6.08 Å². The van der Waals surface area contributed by atoms with E-state index in [4.69, 9.17) is 5.73 Å². The van der Waals surface area contributed by atoms with Gasteiger partial charge in [0.2, 0.25) is 0 Å². The van der Waals surface area contributed by atoms with Crippen LogP contribution >= 0.6 is 0 Å². The topological polar surface area (TPSA) is 26.0 Å². The molecule has 0 spiro atoms. The zero-order valence-electron chi connectivity index (χ0n) is 8.74. The second-order valence-corrected chi connectivity index (χ2v) is 3.52. The van der Waals surface area contributed by atoms with E-state index in [1.165, 1.54) is 11.1 Å². The minimum atomic E-state index is 0. The van der Waals surface area contributed by atoms with Gasteiger partial charge in [-0.1, -0.05) is 24.6 Å². The summed E-state index contributed by atoms with van der Waals surface area (Å²) in [5.41, 5.74) is 9.20. The molecule has 0 saturated heterocycles. The van der Waals surface area contributed by atoms with Crippen molar-refractivity contribution >= 4 is 5.69 Å². The average Bonchev–Trinajstić information content (AvgIpc) is 2.23. The van der Waals surface area contributed by atoms with E-state index in [9.17, 15) is 0 Å². The molecule has 0 amide bonds. The summed E-state index contributed by atoms with van der Waals surface area (Å²) in [7, 11) is 0. The molecule has 15 heavy (non-hydrogen) atoms. The van der Waals surface area contributed by atoms with Crippen LogP contribution < -0.4 is 5.73 Å². The number of rotatable bonds is 2. The molecular weight excluding hydrogens is 259 g/mol. The maximum atomic E-state index is 5.87. The molecule has 0 saturated carbocycles. The molecule has 0 aliphatic heterocycles. The van der Waals surface area contributed by atoms with Gasteiger partial charge in [0, 0.05) is 38.4 Å². The van der Waals surface area contributed by atoms with Crippen LogP contribution in [-0.4, -0.2) is 0 Å². The first-order valence-corrected chi connectivity index (χ1v) is 4.96. The van der Waals surface area contributed by atoms with Crippen LogP contribution in [0.25, 0.3) is 0 Å². The van der Waals surface area contributed by atoms with Crippen molar-refractivity contribution in [3.63, 3.8) is 0 Å². The van der Waals surface area contributed by atoms with E-state index in [1.54, 1.807) is 0 Å². The number of allylic oxidation sites excluding steroid dienone is 4. The van der Waals surface area contributed by atoms with E-state index in [0.717, 1.165) is 24.9 Å². The number of hydrogen-bond donors (Lipinski definition) is 1. The fourth-order valence-corrected chi connectivity index (χ4v) is 1.62. The summed E-state index contributed by atoms with van der Waals surface area (Å²) >= 11 is 0. The molecule has 0 fully saturated rings. The summed E-state index contributed by atoms with van der Waals surface area (Å²) in [5.74, 6) is 0. The van der Waals surface area contributed by atoms with E-state index in [-0.39, 0.29) is 32.7 Å². The Morgan fingerprint density at radius 2 is 2.07 bits per heavy atom. The maximum Gasteiger partial charge on any atom is 0.0348 e. The van der Waals surface area contributed by atoms with Crippen molar-refractivity contribution in [3.05, 3.63) is 53.6 Å². The fourth-order valence-electron chi connectivity index (χ4n) is 1.62. The van der Waals surface area contributed by atoms with Gasteiger partial charge in [-0.25, -0.2) is 11.6 Å². The third-order valence-corrected chi connectivity index (χ3v) is 2.42. The molecular formula is C13H14NY-.